The van der Waals surface area contributed by atoms with Crippen LogP contribution < -0.4 is 0 Å². The first kappa shape index (κ1) is 18.9. The van der Waals surface area contributed by atoms with E-state index in [0.29, 0.717) is 0 Å². The van der Waals surface area contributed by atoms with Gasteiger partial charge in [0.2, 0.25) is 0 Å². The van der Waals surface area contributed by atoms with Gasteiger partial charge >= 0.3 is 23.9 Å². The highest BCUT2D eigenvalue weighted by molar-refractivity contribution is 5.68. The van der Waals surface area contributed by atoms with Crippen LogP contribution in [-0.4, -0.2) is 54.9 Å². The molecule has 0 aliphatic carbocycles. The maximum absolute atomic E-state index is 11.3. The number of carbonyl (C=O) groups is 4. The maximum atomic E-state index is 11.3. The summed E-state index contributed by atoms with van der Waals surface area (Å²) in [5.74, 6) is -2.51. The fraction of sp³-hybridized carbons (Fsp3) is 0.643. The van der Waals surface area contributed by atoms with Crippen molar-refractivity contribution >= 4 is 23.9 Å². The summed E-state index contributed by atoms with van der Waals surface area (Å²) in [6, 6.07) is 0. The molecule has 23 heavy (non-hydrogen) atoms. The van der Waals surface area contributed by atoms with E-state index >= 15 is 0 Å². The number of hydrogen-bond donors (Lipinski definition) is 0. The lowest BCUT2D eigenvalue weighted by Gasteiger charge is -2.39. The molecule has 2 unspecified atom stereocenters. The molecular weight excluding hydrogens is 312 g/mol. The minimum absolute atomic E-state index is 0.228. The molecule has 1 aliphatic heterocycles. The van der Waals surface area contributed by atoms with E-state index in [1.807, 2.05) is 0 Å². The van der Waals surface area contributed by atoms with Crippen LogP contribution in [0.5, 0.6) is 0 Å². The SMILES string of the molecule is CC(=O)OC[C@H]1O[CH]C(OC(C)=O)C(OC(C)=O)[C@H]1OC(C)=O. The predicted octanol–water partition coefficient (Wildman–Crippen LogP) is -0.0948. The molecule has 9 heteroatoms. The van der Waals surface area contributed by atoms with Crippen molar-refractivity contribution in [2.45, 2.75) is 52.1 Å². The molecule has 1 aliphatic rings. The average molecular weight is 331 g/mol. The summed E-state index contributed by atoms with van der Waals surface area (Å²) in [5, 5.41) is 0. The van der Waals surface area contributed by atoms with Crippen LogP contribution in [0.25, 0.3) is 0 Å². The van der Waals surface area contributed by atoms with Crippen molar-refractivity contribution in [3.63, 3.8) is 0 Å². The Morgan fingerprint density at radius 3 is 1.83 bits per heavy atom. The molecule has 1 saturated heterocycles. The summed E-state index contributed by atoms with van der Waals surface area (Å²) in [6.45, 7) is 5.61. The van der Waals surface area contributed by atoms with E-state index in [-0.39, 0.29) is 6.61 Å². The van der Waals surface area contributed by atoms with Crippen LogP contribution in [0.4, 0.5) is 0 Å². The molecule has 129 valence electrons. The summed E-state index contributed by atoms with van der Waals surface area (Å²) in [6.07, 6.45) is -4.19. The number of rotatable bonds is 5. The Hall–Kier alpha value is -2.16. The lowest BCUT2D eigenvalue weighted by atomic mass is 9.99. The molecule has 0 bridgehead atoms. The number of ether oxygens (including phenoxy) is 5. The Morgan fingerprint density at radius 1 is 0.826 bits per heavy atom. The predicted molar refractivity (Wildman–Crippen MR) is 72.5 cm³/mol. The molecule has 9 nitrogen and oxygen atoms in total. The van der Waals surface area contributed by atoms with Gasteiger partial charge in [-0.05, 0) is 0 Å². The van der Waals surface area contributed by atoms with Crippen LogP contribution in [-0.2, 0) is 42.9 Å². The fourth-order valence-corrected chi connectivity index (χ4v) is 2.01. The van der Waals surface area contributed by atoms with Crippen LogP contribution in [0.1, 0.15) is 27.7 Å². The Bertz CT molecular complexity index is 473. The van der Waals surface area contributed by atoms with Crippen LogP contribution >= 0.6 is 0 Å². The molecule has 0 N–H and O–H groups in total. The van der Waals surface area contributed by atoms with Crippen molar-refractivity contribution < 1.29 is 42.9 Å². The maximum Gasteiger partial charge on any atom is 0.303 e. The molecule has 0 spiro atoms. The average Bonchev–Trinajstić information content (AvgIpc) is 2.39. The van der Waals surface area contributed by atoms with Gasteiger partial charge in [-0.3, -0.25) is 19.2 Å². The minimum atomic E-state index is -1.12. The second-order valence-corrected chi connectivity index (χ2v) is 4.84. The second-order valence-electron chi connectivity index (χ2n) is 4.84. The Kier molecular flexibility index (Phi) is 6.95. The first-order chi connectivity index (χ1) is 10.7. The van der Waals surface area contributed by atoms with E-state index in [1.165, 1.54) is 13.8 Å². The van der Waals surface area contributed by atoms with Crippen LogP contribution in [0.2, 0.25) is 0 Å². The monoisotopic (exact) mass is 331 g/mol. The third-order valence-corrected chi connectivity index (χ3v) is 2.76. The van der Waals surface area contributed by atoms with Crippen molar-refractivity contribution in [2.75, 3.05) is 6.61 Å². The smallest absolute Gasteiger partial charge is 0.303 e. The van der Waals surface area contributed by atoms with Gasteiger partial charge in [0.25, 0.3) is 0 Å². The third-order valence-electron chi connectivity index (χ3n) is 2.76. The topological polar surface area (TPSA) is 114 Å². The van der Waals surface area contributed by atoms with Crippen molar-refractivity contribution in [3.8, 4) is 0 Å². The molecule has 0 aromatic heterocycles. The molecule has 0 saturated carbocycles. The summed E-state index contributed by atoms with van der Waals surface area (Å²) in [7, 11) is 0. The standard InChI is InChI=1S/C14H19O9/c1-7(15)19-5-11-13(22-9(3)17)14(23-10(4)18)12(6-20-11)21-8(2)16/h6,11-14H,5H2,1-4H3/t11-,12?,13+,14?/m1/s1. The third kappa shape index (κ3) is 6.23. The number of carbonyl (C=O) groups excluding carboxylic acids is 4. The van der Waals surface area contributed by atoms with E-state index in [4.69, 9.17) is 23.7 Å². The molecule has 4 atom stereocenters. The first-order valence-corrected chi connectivity index (χ1v) is 6.84. The van der Waals surface area contributed by atoms with Crippen molar-refractivity contribution in [1.82, 2.24) is 0 Å². The Balaban J connectivity index is 2.98. The normalized spacial score (nSPS) is 26.8. The van der Waals surface area contributed by atoms with Crippen LogP contribution in [0.15, 0.2) is 0 Å². The van der Waals surface area contributed by atoms with Crippen LogP contribution in [0.3, 0.4) is 0 Å². The highest BCUT2D eigenvalue weighted by Crippen LogP contribution is 2.27. The van der Waals surface area contributed by atoms with Crippen molar-refractivity contribution in [1.29, 1.82) is 0 Å². The minimum Gasteiger partial charge on any atom is -0.463 e. The van der Waals surface area contributed by atoms with Crippen molar-refractivity contribution in [2.24, 2.45) is 0 Å². The second kappa shape index (κ2) is 8.47. The van der Waals surface area contributed by atoms with Gasteiger partial charge in [-0.1, -0.05) is 0 Å². The number of hydrogen-bond acceptors (Lipinski definition) is 9. The highest BCUT2D eigenvalue weighted by atomic mass is 16.7. The van der Waals surface area contributed by atoms with Crippen molar-refractivity contribution in [3.05, 3.63) is 6.61 Å². The zero-order valence-corrected chi connectivity index (χ0v) is 13.3. The first-order valence-electron chi connectivity index (χ1n) is 6.84. The number of esters is 4. The van der Waals surface area contributed by atoms with Gasteiger partial charge in [-0.15, -0.1) is 0 Å². The van der Waals surface area contributed by atoms with E-state index in [9.17, 15) is 19.2 Å². The van der Waals surface area contributed by atoms with E-state index in [2.05, 4.69) is 0 Å². The molecule has 1 radical (unpaired) electrons. The van der Waals surface area contributed by atoms with Gasteiger partial charge < -0.3 is 23.7 Å². The lowest BCUT2D eigenvalue weighted by Crippen LogP contribution is -2.57. The summed E-state index contributed by atoms with van der Waals surface area (Å²) in [4.78, 5) is 44.7. The Morgan fingerprint density at radius 2 is 1.35 bits per heavy atom. The zero-order valence-electron chi connectivity index (χ0n) is 13.3. The van der Waals surface area contributed by atoms with Gasteiger partial charge in [0.1, 0.15) is 19.3 Å². The van der Waals surface area contributed by atoms with E-state index in [0.717, 1.165) is 20.5 Å². The summed E-state index contributed by atoms with van der Waals surface area (Å²) >= 11 is 0. The van der Waals surface area contributed by atoms with E-state index in [1.54, 1.807) is 0 Å². The molecule has 1 fully saturated rings. The quantitative estimate of drug-likeness (QED) is 0.503. The lowest BCUT2D eigenvalue weighted by molar-refractivity contribution is -0.217. The largest absolute Gasteiger partial charge is 0.463 e. The van der Waals surface area contributed by atoms with Gasteiger partial charge in [0.05, 0.1) is 0 Å². The summed E-state index contributed by atoms with van der Waals surface area (Å²) < 4.78 is 25.4. The molecule has 1 rings (SSSR count). The molecule has 1 heterocycles. The molecule has 0 aromatic rings. The van der Waals surface area contributed by atoms with Crippen LogP contribution in [0, 0.1) is 6.61 Å². The summed E-state index contributed by atoms with van der Waals surface area (Å²) in [5.41, 5.74) is 0. The van der Waals surface area contributed by atoms with E-state index < -0.39 is 48.3 Å². The van der Waals surface area contributed by atoms with Gasteiger partial charge in [-0.2, -0.15) is 0 Å². The highest BCUT2D eigenvalue weighted by Gasteiger charge is 2.47. The zero-order chi connectivity index (χ0) is 17.6. The fourth-order valence-electron chi connectivity index (χ4n) is 2.01. The van der Waals surface area contributed by atoms with Gasteiger partial charge in [0.15, 0.2) is 18.3 Å². The molecule has 0 aromatic carbocycles. The molecular formula is C14H19O9. The Labute approximate surface area is 133 Å². The van der Waals surface area contributed by atoms with Gasteiger partial charge in [0, 0.05) is 27.7 Å². The van der Waals surface area contributed by atoms with Gasteiger partial charge in [-0.25, -0.2) is 0 Å². The molecule has 0 amide bonds.